The van der Waals surface area contributed by atoms with Gasteiger partial charge in [-0.25, -0.2) is 4.98 Å². The average molecular weight is 370 g/mol. The highest BCUT2D eigenvalue weighted by Gasteiger charge is 2.19. The van der Waals surface area contributed by atoms with Crippen molar-refractivity contribution in [3.8, 4) is 0 Å². The van der Waals surface area contributed by atoms with Gasteiger partial charge in [0.15, 0.2) is 0 Å². The molecule has 0 saturated carbocycles. The highest BCUT2D eigenvalue weighted by atomic mass is 79.9. The molecule has 0 aliphatic heterocycles. The van der Waals surface area contributed by atoms with Gasteiger partial charge in [-0.15, -0.1) is 0 Å². The van der Waals surface area contributed by atoms with Crippen LogP contribution in [0.3, 0.4) is 0 Å². The molecule has 1 heterocycles. The highest BCUT2D eigenvalue weighted by Crippen LogP contribution is 2.18. The van der Waals surface area contributed by atoms with E-state index in [0.717, 1.165) is 5.56 Å². The van der Waals surface area contributed by atoms with Gasteiger partial charge in [0.25, 0.3) is 0 Å². The van der Waals surface area contributed by atoms with Gasteiger partial charge in [0.2, 0.25) is 0 Å². The Kier molecular flexibility index (Phi) is 4.97. The van der Waals surface area contributed by atoms with E-state index in [1.54, 1.807) is 19.1 Å². The topological polar surface area (TPSA) is 62.3 Å². The van der Waals surface area contributed by atoms with Crippen molar-refractivity contribution in [2.24, 2.45) is 0 Å². The normalized spacial score (nSPS) is 11.6. The first-order chi connectivity index (χ1) is 9.88. The summed E-state index contributed by atoms with van der Waals surface area (Å²) in [7, 11) is -2.08. The van der Waals surface area contributed by atoms with Crippen molar-refractivity contribution in [1.29, 1.82) is 0 Å². The summed E-state index contributed by atoms with van der Waals surface area (Å²) in [6, 6.07) is 12.8. The van der Waals surface area contributed by atoms with Gasteiger partial charge in [0, 0.05) is 13.6 Å². The van der Waals surface area contributed by atoms with Crippen molar-refractivity contribution < 1.29 is 8.42 Å². The summed E-state index contributed by atoms with van der Waals surface area (Å²) >= 11 is 3.25. The molecule has 0 fully saturated rings. The first kappa shape index (κ1) is 15.9. The first-order valence-electron chi connectivity index (χ1n) is 6.29. The lowest BCUT2D eigenvalue weighted by molar-refractivity contribution is 0.471. The third-order valence-electron chi connectivity index (χ3n) is 2.95. The summed E-state index contributed by atoms with van der Waals surface area (Å²) in [4.78, 5) is 4.17. The molecule has 21 heavy (non-hydrogen) atoms. The van der Waals surface area contributed by atoms with E-state index in [0.29, 0.717) is 22.5 Å². The molecule has 5 nitrogen and oxygen atoms in total. The van der Waals surface area contributed by atoms with Gasteiger partial charge in [-0.2, -0.15) is 12.7 Å². The summed E-state index contributed by atoms with van der Waals surface area (Å²) in [6.07, 6.45) is 0. The molecule has 0 amide bonds. The summed E-state index contributed by atoms with van der Waals surface area (Å²) in [5.41, 5.74) is 2.01. The van der Waals surface area contributed by atoms with Gasteiger partial charge >= 0.3 is 10.2 Å². The molecule has 0 radical (unpaired) electrons. The Labute approximate surface area is 133 Å². The summed E-state index contributed by atoms with van der Waals surface area (Å²) in [5.74, 6) is 0. The molecule has 0 unspecified atom stereocenters. The third kappa shape index (κ3) is 4.26. The van der Waals surface area contributed by atoms with Gasteiger partial charge in [0.1, 0.15) is 4.60 Å². The number of rotatable bonds is 5. The van der Waals surface area contributed by atoms with Crippen LogP contribution in [0.25, 0.3) is 0 Å². The van der Waals surface area contributed by atoms with Crippen LogP contribution in [0.1, 0.15) is 11.3 Å². The number of benzene rings is 1. The molecule has 0 atom stereocenters. The summed E-state index contributed by atoms with van der Waals surface area (Å²) < 4.78 is 29.1. The second-order valence-corrected chi connectivity index (χ2v) is 7.21. The van der Waals surface area contributed by atoms with Crippen LogP contribution in [0, 0.1) is 6.92 Å². The van der Waals surface area contributed by atoms with E-state index < -0.39 is 10.2 Å². The monoisotopic (exact) mass is 369 g/mol. The van der Waals surface area contributed by atoms with Crippen molar-refractivity contribution in [3.05, 3.63) is 58.3 Å². The molecule has 112 valence electrons. The molecule has 0 aliphatic carbocycles. The molecule has 2 aromatic rings. The predicted molar refractivity (Wildman–Crippen MR) is 87.1 cm³/mol. The Morgan fingerprint density at radius 1 is 1.19 bits per heavy atom. The fourth-order valence-corrected chi connectivity index (χ4v) is 3.15. The maximum absolute atomic E-state index is 12.3. The molecule has 0 saturated heterocycles. The number of pyridine rings is 1. The summed E-state index contributed by atoms with van der Waals surface area (Å²) in [6.45, 7) is 2.05. The van der Waals surface area contributed by atoms with Crippen LogP contribution in [-0.4, -0.2) is 24.8 Å². The zero-order valence-corrected chi connectivity index (χ0v) is 14.1. The largest absolute Gasteiger partial charge is 0.301 e. The van der Waals surface area contributed by atoms with Gasteiger partial charge in [-0.05, 0) is 40.5 Å². The van der Waals surface area contributed by atoms with Crippen molar-refractivity contribution >= 4 is 31.8 Å². The number of aromatic nitrogens is 1. The standard InChI is InChI=1S/C14H16BrN3O2S/c1-11-13(8-9-14(15)16-11)17-21(19,20)18(2)10-12-6-4-3-5-7-12/h3-9,17H,10H2,1-2H3. The maximum atomic E-state index is 12.3. The van der Waals surface area contributed by atoms with Gasteiger partial charge in [-0.1, -0.05) is 30.3 Å². The van der Waals surface area contributed by atoms with Crippen molar-refractivity contribution in [2.45, 2.75) is 13.5 Å². The molecule has 0 aliphatic rings. The Balaban J connectivity index is 2.14. The molecule has 2 rings (SSSR count). The van der Waals surface area contributed by atoms with E-state index in [9.17, 15) is 8.42 Å². The smallest absolute Gasteiger partial charge is 0.269 e. The molecule has 0 spiro atoms. The van der Waals surface area contributed by atoms with E-state index in [1.807, 2.05) is 30.3 Å². The van der Waals surface area contributed by atoms with E-state index in [2.05, 4.69) is 25.6 Å². The molecule has 0 bridgehead atoms. The van der Waals surface area contributed by atoms with Crippen LogP contribution in [0.5, 0.6) is 0 Å². The quantitative estimate of drug-likeness (QED) is 0.824. The minimum absolute atomic E-state index is 0.305. The second-order valence-electron chi connectivity index (χ2n) is 4.62. The SMILES string of the molecule is Cc1nc(Br)ccc1NS(=O)(=O)N(C)Cc1ccccc1. The number of aryl methyl sites for hydroxylation is 1. The Morgan fingerprint density at radius 2 is 1.86 bits per heavy atom. The van der Waals surface area contributed by atoms with Crippen molar-refractivity contribution in [1.82, 2.24) is 9.29 Å². The van der Waals surface area contributed by atoms with E-state index in [4.69, 9.17) is 0 Å². The minimum Gasteiger partial charge on any atom is -0.269 e. The fourth-order valence-electron chi connectivity index (χ4n) is 1.78. The average Bonchev–Trinajstić information content (AvgIpc) is 2.43. The lowest BCUT2D eigenvalue weighted by Gasteiger charge is -2.19. The van der Waals surface area contributed by atoms with Crippen LogP contribution in [0.4, 0.5) is 5.69 Å². The van der Waals surface area contributed by atoms with Crippen LogP contribution >= 0.6 is 15.9 Å². The first-order valence-corrected chi connectivity index (χ1v) is 8.53. The van der Waals surface area contributed by atoms with Crippen LogP contribution < -0.4 is 4.72 Å². The second kappa shape index (κ2) is 6.55. The van der Waals surface area contributed by atoms with Crippen molar-refractivity contribution in [2.75, 3.05) is 11.8 Å². The zero-order chi connectivity index (χ0) is 15.5. The highest BCUT2D eigenvalue weighted by molar-refractivity contribution is 9.10. The lowest BCUT2D eigenvalue weighted by atomic mass is 10.2. The summed E-state index contributed by atoms with van der Waals surface area (Å²) in [5, 5.41) is 0. The Hall–Kier alpha value is -1.44. The third-order valence-corrected chi connectivity index (χ3v) is 4.82. The molecular formula is C14H16BrN3O2S. The Bertz CT molecular complexity index is 720. The predicted octanol–water partition coefficient (Wildman–Crippen LogP) is 2.94. The van der Waals surface area contributed by atoms with Gasteiger partial charge < -0.3 is 0 Å². The number of hydrogen-bond acceptors (Lipinski definition) is 3. The van der Waals surface area contributed by atoms with E-state index >= 15 is 0 Å². The fraction of sp³-hybridized carbons (Fsp3) is 0.214. The number of nitrogens with one attached hydrogen (secondary N) is 1. The van der Waals surface area contributed by atoms with Gasteiger partial charge in [0.05, 0.1) is 11.4 Å². The van der Waals surface area contributed by atoms with Crippen LogP contribution in [-0.2, 0) is 16.8 Å². The van der Waals surface area contributed by atoms with E-state index in [-0.39, 0.29) is 0 Å². The van der Waals surface area contributed by atoms with Gasteiger partial charge in [-0.3, -0.25) is 4.72 Å². The molecule has 7 heteroatoms. The number of halogens is 1. The lowest BCUT2D eigenvalue weighted by Crippen LogP contribution is -2.32. The van der Waals surface area contributed by atoms with Crippen LogP contribution in [0.2, 0.25) is 0 Å². The maximum Gasteiger partial charge on any atom is 0.301 e. The van der Waals surface area contributed by atoms with Crippen molar-refractivity contribution in [3.63, 3.8) is 0 Å². The zero-order valence-electron chi connectivity index (χ0n) is 11.7. The minimum atomic E-state index is -3.62. The molecule has 1 aromatic carbocycles. The van der Waals surface area contributed by atoms with E-state index in [1.165, 1.54) is 11.4 Å². The number of hydrogen-bond donors (Lipinski definition) is 1. The van der Waals surface area contributed by atoms with Crippen LogP contribution in [0.15, 0.2) is 47.1 Å². The molecule has 1 aromatic heterocycles. The number of nitrogens with zero attached hydrogens (tertiary/aromatic N) is 2. The number of anilines is 1. The molecular weight excluding hydrogens is 354 g/mol. The molecule has 1 N–H and O–H groups in total. The Morgan fingerprint density at radius 3 is 2.48 bits per heavy atom.